The Morgan fingerprint density at radius 1 is 1.38 bits per heavy atom. The number of nitrogens with zero attached hydrogens (tertiary/aromatic N) is 2. The van der Waals surface area contributed by atoms with Crippen molar-refractivity contribution in [3.8, 4) is 11.5 Å². The molecule has 0 bridgehead atoms. The molecule has 0 aliphatic heterocycles. The molecule has 0 saturated heterocycles. The molecule has 0 aliphatic carbocycles. The number of phenols is 1. The third-order valence-electron chi connectivity index (χ3n) is 3.79. The SMILES string of the molecule is CC[C@@H](C)c1ccc(O)c(N=Cc2cc([N+](=O)[O-])cc(Br)c2[O-])c1. The lowest BCUT2D eigenvalue weighted by atomic mass is 9.98. The lowest BCUT2D eigenvalue weighted by Crippen LogP contribution is -2.00. The van der Waals surface area contributed by atoms with E-state index in [0.29, 0.717) is 11.6 Å². The number of benzene rings is 2. The molecule has 6 nitrogen and oxygen atoms in total. The Labute approximate surface area is 147 Å². The van der Waals surface area contributed by atoms with E-state index >= 15 is 0 Å². The van der Waals surface area contributed by atoms with Crippen LogP contribution < -0.4 is 5.11 Å². The zero-order valence-corrected chi connectivity index (χ0v) is 14.8. The highest BCUT2D eigenvalue weighted by Gasteiger charge is 2.10. The van der Waals surface area contributed by atoms with E-state index in [0.717, 1.165) is 24.1 Å². The van der Waals surface area contributed by atoms with Crippen molar-refractivity contribution < 1.29 is 15.1 Å². The largest absolute Gasteiger partial charge is 0.871 e. The first-order valence-corrected chi connectivity index (χ1v) is 8.14. The lowest BCUT2D eigenvalue weighted by molar-refractivity contribution is -0.385. The van der Waals surface area contributed by atoms with E-state index in [4.69, 9.17) is 0 Å². The number of halogens is 1. The van der Waals surface area contributed by atoms with Gasteiger partial charge in [-0.05, 0) is 35.6 Å². The van der Waals surface area contributed by atoms with Gasteiger partial charge in [0.25, 0.3) is 5.69 Å². The summed E-state index contributed by atoms with van der Waals surface area (Å²) in [7, 11) is 0. The molecule has 2 aromatic carbocycles. The van der Waals surface area contributed by atoms with Gasteiger partial charge in [0.05, 0.1) is 4.92 Å². The van der Waals surface area contributed by atoms with E-state index in [-0.39, 0.29) is 21.5 Å². The van der Waals surface area contributed by atoms with Crippen LogP contribution in [-0.2, 0) is 0 Å². The smallest absolute Gasteiger partial charge is 0.271 e. The van der Waals surface area contributed by atoms with Gasteiger partial charge in [-0.1, -0.05) is 41.6 Å². The highest BCUT2D eigenvalue weighted by atomic mass is 79.9. The molecule has 1 atom stereocenters. The quantitative estimate of drug-likeness (QED) is 0.463. The van der Waals surface area contributed by atoms with Gasteiger partial charge in [-0.3, -0.25) is 15.1 Å². The van der Waals surface area contributed by atoms with Gasteiger partial charge < -0.3 is 10.2 Å². The molecule has 2 aromatic rings. The monoisotopic (exact) mass is 391 g/mol. The number of hydrogen-bond donors (Lipinski definition) is 1. The Morgan fingerprint density at radius 3 is 2.71 bits per heavy atom. The minimum Gasteiger partial charge on any atom is -0.871 e. The molecule has 0 aliphatic rings. The molecular weight excluding hydrogens is 376 g/mol. The fourth-order valence-corrected chi connectivity index (χ4v) is 2.59. The number of aliphatic imine (C=N–C) groups is 1. The van der Waals surface area contributed by atoms with Gasteiger partial charge in [-0.25, -0.2) is 0 Å². The summed E-state index contributed by atoms with van der Waals surface area (Å²) in [5.74, 6) is -0.112. The van der Waals surface area contributed by atoms with Gasteiger partial charge in [0.15, 0.2) is 0 Å². The van der Waals surface area contributed by atoms with Crippen LogP contribution in [0.25, 0.3) is 0 Å². The highest BCUT2D eigenvalue weighted by molar-refractivity contribution is 9.10. The Balaban J connectivity index is 2.43. The minimum absolute atomic E-state index is 0.0183. The molecule has 0 amide bonds. The van der Waals surface area contributed by atoms with Gasteiger partial charge in [-0.2, -0.15) is 0 Å². The van der Waals surface area contributed by atoms with Crippen molar-refractivity contribution in [2.24, 2.45) is 4.99 Å². The molecule has 0 saturated carbocycles. The molecule has 7 heteroatoms. The van der Waals surface area contributed by atoms with Crippen LogP contribution in [0.15, 0.2) is 39.8 Å². The molecule has 2 rings (SSSR count). The number of nitro benzene ring substituents is 1. The molecule has 24 heavy (non-hydrogen) atoms. The van der Waals surface area contributed by atoms with Crippen LogP contribution in [-0.4, -0.2) is 16.2 Å². The topological polar surface area (TPSA) is 98.8 Å². The maximum Gasteiger partial charge on any atom is 0.271 e. The van der Waals surface area contributed by atoms with Gasteiger partial charge in [0.2, 0.25) is 0 Å². The van der Waals surface area contributed by atoms with E-state index in [9.17, 15) is 20.3 Å². The van der Waals surface area contributed by atoms with Crippen molar-refractivity contribution >= 4 is 33.5 Å². The molecule has 0 unspecified atom stereocenters. The first-order valence-electron chi connectivity index (χ1n) is 7.35. The molecule has 126 valence electrons. The van der Waals surface area contributed by atoms with Gasteiger partial charge in [-0.15, -0.1) is 0 Å². The summed E-state index contributed by atoms with van der Waals surface area (Å²) in [6, 6.07) is 7.44. The first kappa shape index (κ1) is 17.9. The maximum absolute atomic E-state index is 12.0. The second kappa shape index (κ2) is 7.44. The Bertz CT molecular complexity index is 805. The van der Waals surface area contributed by atoms with Gasteiger partial charge in [0.1, 0.15) is 11.4 Å². The number of rotatable bonds is 5. The predicted molar refractivity (Wildman–Crippen MR) is 94.3 cm³/mol. The van der Waals surface area contributed by atoms with E-state index in [1.54, 1.807) is 12.1 Å². The average Bonchev–Trinajstić information content (AvgIpc) is 2.56. The number of nitro groups is 1. The second-order valence-corrected chi connectivity index (χ2v) is 6.27. The van der Waals surface area contributed by atoms with E-state index in [2.05, 4.69) is 34.8 Å². The summed E-state index contributed by atoms with van der Waals surface area (Å²) >= 11 is 3.02. The molecule has 0 heterocycles. The second-order valence-electron chi connectivity index (χ2n) is 5.42. The van der Waals surface area contributed by atoms with Crippen molar-refractivity contribution in [1.29, 1.82) is 0 Å². The lowest BCUT2D eigenvalue weighted by Gasteiger charge is -2.13. The molecule has 0 spiro atoms. The summed E-state index contributed by atoms with van der Waals surface area (Å²) in [5.41, 5.74) is 1.20. The van der Waals surface area contributed by atoms with Gasteiger partial charge in [0, 0.05) is 22.8 Å². The molecule has 0 aromatic heterocycles. The summed E-state index contributed by atoms with van der Waals surface area (Å²) in [4.78, 5) is 14.5. The fraction of sp³-hybridized carbons (Fsp3) is 0.235. The van der Waals surface area contributed by atoms with Crippen LogP contribution in [0, 0.1) is 10.1 Å². The molecular formula is C17H16BrN2O4-. The third kappa shape index (κ3) is 3.91. The fourth-order valence-electron chi connectivity index (χ4n) is 2.13. The van der Waals surface area contributed by atoms with Crippen LogP contribution >= 0.6 is 15.9 Å². The zero-order chi connectivity index (χ0) is 17.9. The summed E-state index contributed by atoms with van der Waals surface area (Å²) in [6.45, 7) is 4.12. The predicted octanol–water partition coefficient (Wildman–Crippen LogP) is 4.40. The average molecular weight is 392 g/mol. The van der Waals surface area contributed by atoms with Crippen molar-refractivity contribution in [3.63, 3.8) is 0 Å². The van der Waals surface area contributed by atoms with Crippen LogP contribution in [0.2, 0.25) is 0 Å². The summed E-state index contributed by atoms with van der Waals surface area (Å²) < 4.78 is 0.0933. The van der Waals surface area contributed by atoms with Crippen molar-refractivity contribution in [1.82, 2.24) is 0 Å². The van der Waals surface area contributed by atoms with Crippen LogP contribution in [0.4, 0.5) is 11.4 Å². The van der Waals surface area contributed by atoms with E-state index in [1.807, 2.05) is 6.07 Å². The van der Waals surface area contributed by atoms with E-state index < -0.39 is 10.7 Å². The van der Waals surface area contributed by atoms with Crippen molar-refractivity contribution in [2.75, 3.05) is 0 Å². The normalized spacial score (nSPS) is 12.5. The van der Waals surface area contributed by atoms with Crippen molar-refractivity contribution in [3.05, 3.63) is 56.0 Å². The number of phenolic OH excluding ortho intramolecular Hbond substituents is 1. The van der Waals surface area contributed by atoms with E-state index in [1.165, 1.54) is 6.21 Å². The van der Waals surface area contributed by atoms with Crippen LogP contribution in [0.3, 0.4) is 0 Å². The molecule has 0 radical (unpaired) electrons. The van der Waals surface area contributed by atoms with Crippen LogP contribution in [0.5, 0.6) is 11.5 Å². The molecule has 0 fully saturated rings. The first-order chi connectivity index (χ1) is 11.3. The van der Waals surface area contributed by atoms with Gasteiger partial charge >= 0.3 is 0 Å². The number of aromatic hydroxyl groups is 1. The van der Waals surface area contributed by atoms with Crippen LogP contribution in [0.1, 0.15) is 37.3 Å². The Kier molecular flexibility index (Phi) is 5.56. The minimum atomic E-state index is -0.581. The molecule has 1 N–H and O–H groups in total. The summed E-state index contributed by atoms with van der Waals surface area (Å²) in [5, 5.41) is 32.9. The third-order valence-corrected chi connectivity index (χ3v) is 4.38. The Morgan fingerprint density at radius 2 is 2.08 bits per heavy atom. The zero-order valence-electron chi connectivity index (χ0n) is 13.2. The number of non-ortho nitro benzene ring substituents is 1. The van der Waals surface area contributed by atoms with Crippen molar-refractivity contribution in [2.45, 2.75) is 26.2 Å². The standard InChI is InChI=1S/C17H17BrN2O4/c1-3-10(2)11-4-5-16(21)15(7-11)19-9-12-6-13(20(23)24)8-14(18)17(12)22/h4-10,21-22H,3H2,1-2H3/p-1/t10-/m1/s1. The Hall–Kier alpha value is -2.41. The number of hydrogen-bond acceptors (Lipinski definition) is 5. The maximum atomic E-state index is 12.0. The highest BCUT2D eigenvalue weighted by Crippen LogP contribution is 2.33. The summed E-state index contributed by atoms with van der Waals surface area (Å²) in [6.07, 6.45) is 2.17.